The zero-order chi connectivity index (χ0) is 12.3. The number of rotatable bonds is 4. The fraction of sp³-hybridized carbons (Fsp3) is 0.400. The Balaban J connectivity index is 2.21. The molecule has 17 heavy (non-hydrogen) atoms. The maximum Gasteiger partial charge on any atom is 0.0955 e. The highest BCUT2D eigenvalue weighted by molar-refractivity contribution is 5.61. The molecule has 0 aliphatic heterocycles. The van der Waals surface area contributed by atoms with Crippen LogP contribution < -0.4 is 0 Å². The predicted molar refractivity (Wildman–Crippen MR) is 71.9 cm³/mol. The molecule has 0 radical (unpaired) electrons. The van der Waals surface area contributed by atoms with E-state index in [9.17, 15) is 0 Å². The first-order valence-corrected chi connectivity index (χ1v) is 6.25. The zero-order valence-corrected chi connectivity index (χ0v) is 10.9. The number of nitrogens with zero attached hydrogens (tertiary/aromatic N) is 2. The van der Waals surface area contributed by atoms with E-state index in [2.05, 4.69) is 54.6 Å². The molecule has 2 nitrogen and oxygen atoms in total. The monoisotopic (exact) mass is 228 g/mol. The van der Waals surface area contributed by atoms with Crippen LogP contribution >= 0.6 is 0 Å². The van der Waals surface area contributed by atoms with Gasteiger partial charge in [-0.25, -0.2) is 4.98 Å². The summed E-state index contributed by atoms with van der Waals surface area (Å²) in [5.74, 6) is 0.733. The molecule has 0 unspecified atom stereocenters. The van der Waals surface area contributed by atoms with Crippen molar-refractivity contribution >= 4 is 0 Å². The van der Waals surface area contributed by atoms with Crippen LogP contribution in [0.4, 0.5) is 0 Å². The van der Waals surface area contributed by atoms with Crippen LogP contribution in [-0.2, 0) is 6.54 Å². The average molecular weight is 228 g/mol. The molecule has 1 heterocycles. The molecule has 0 spiro atoms. The van der Waals surface area contributed by atoms with E-state index in [0.29, 0.717) is 0 Å². The average Bonchev–Trinajstić information content (AvgIpc) is 2.69. The Labute approximate surface area is 103 Å². The van der Waals surface area contributed by atoms with Gasteiger partial charge in [-0.3, -0.25) is 0 Å². The highest BCUT2D eigenvalue weighted by Crippen LogP contribution is 2.21. The molecule has 1 aromatic heterocycles. The van der Waals surface area contributed by atoms with Crippen molar-refractivity contribution in [1.82, 2.24) is 9.55 Å². The Morgan fingerprint density at radius 3 is 2.53 bits per heavy atom. The van der Waals surface area contributed by atoms with Crippen molar-refractivity contribution in [3.05, 3.63) is 42.4 Å². The highest BCUT2D eigenvalue weighted by Gasteiger charge is 2.08. The molecular weight excluding hydrogens is 208 g/mol. The summed E-state index contributed by atoms with van der Waals surface area (Å²) < 4.78 is 2.25. The highest BCUT2D eigenvalue weighted by atomic mass is 15.0. The summed E-state index contributed by atoms with van der Waals surface area (Å²) in [6.07, 6.45) is 3.16. The van der Waals surface area contributed by atoms with Crippen LogP contribution in [0.3, 0.4) is 0 Å². The summed E-state index contributed by atoms with van der Waals surface area (Å²) in [5, 5.41) is 0. The maximum atomic E-state index is 4.53. The number of aromatic nitrogens is 2. The van der Waals surface area contributed by atoms with Gasteiger partial charge < -0.3 is 4.57 Å². The molecule has 0 saturated carbocycles. The van der Waals surface area contributed by atoms with Gasteiger partial charge >= 0.3 is 0 Å². The van der Waals surface area contributed by atoms with E-state index >= 15 is 0 Å². The zero-order valence-electron chi connectivity index (χ0n) is 10.9. The van der Waals surface area contributed by atoms with Crippen LogP contribution in [0.1, 0.15) is 26.0 Å². The van der Waals surface area contributed by atoms with Crippen molar-refractivity contribution < 1.29 is 0 Å². The molecule has 0 atom stereocenters. The molecule has 2 heteroatoms. The summed E-state index contributed by atoms with van der Waals surface area (Å²) >= 11 is 0. The first-order valence-electron chi connectivity index (χ1n) is 6.25. The minimum absolute atomic E-state index is 0.733. The molecule has 0 bridgehead atoms. The maximum absolute atomic E-state index is 4.53. The molecular formula is C15H20N2. The smallest absolute Gasteiger partial charge is 0.0955 e. The van der Waals surface area contributed by atoms with Crippen molar-refractivity contribution in [2.24, 2.45) is 5.92 Å². The van der Waals surface area contributed by atoms with Gasteiger partial charge in [0, 0.05) is 17.8 Å². The predicted octanol–water partition coefficient (Wildman–Crippen LogP) is 3.90. The summed E-state index contributed by atoms with van der Waals surface area (Å²) in [6.45, 7) is 7.72. The second-order valence-corrected chi connectivity index (χ2v) is 4.92. The first-order chi connectivity index (χ1) is 8.18. The van der Waals surface area contributed by atoms with E-state index in [1.807, 2.05) is 12.4 Å². The lowest BCUT2D eigenvalue weighted by atomic mass is 10.1. The molecule has 90 valence electrons. The van der Waals surface area contributed by atoms with Crippen molar-refractivity contribution in [3.63, 3.8) is 0 Å². The summed E-state index contributed by atoms with van der Waals surface area (Å²) in [4.78, 5) is 4.53. The fourth-order valence-corrected chi connectivity index (χ4v) is 1.95. The van der Waals surface area contributed by atoms with Crippen LogP contribution in [-0.4, -0.2) is 9.55 Å². The lowest BCUT2D eigenvalue weighted by molar-refractivity contribution is 0.511. The third-order valence-corrected chi connectivity index (χ3v) is 3.09. The molecule has 0 amide bonds. The molecule has 0 N–H and O–H groups in total. The molecule has 2 rings (SSSR count). The lowest BCUT2D eigenvalue weighted by Gasteiger charge is -2.08. The van der Waals surface area contributed by atoms with E-state index in [1.54, 1.807) is 0 Å². The van der Waals surface area contributed by atoms with Crippen LogP contribution in [0.25, 0.3) is 11.3 Å². The van der Waals surface area contributed by atoms with Crippen molar-refractivity contribution in [3.8, 4) is 11.3 Å². The van der Waals surface area contributed by atoms with Gasteiger partial charge in [-0.2, -0.15) is 0 Å². The molecule has 0 saturated heterocycles. The summed E-state index contributed by atoms with van der Waals surface area (Å²) in [5.41, 5.74) is 3.57. The van der Waals surface area contributed by atoms with Crippen LogP contribution in [0.2, 0.25) is 0 Å². The van der Waals surface area contributed by atoms with Gasteiger partial charge in [0.2, 0.25) is 0 Å². The fourth-order valence-electron chi connectivity index (χ4n) is 1.95. The Bertz CT molecular complexity index is 469. The van der Waals surface area contributed by atoms with Gasteiger partial charge in [0.05, 0.1) is 12.0 Å². The molecule has 0 fully saturated rings. The minimum atomic E-state index is 0.733. The van der Waals surface area contributed by atoms with E-state index in [1.165, 1.54) is 17.7 Å². The third kappa shape index (κ3) is 2.76. The van der Waals surface area contributed by atoms with Gasteiger partial charge in [0.25, 0.3) is 0 Å². The van der Waals surface area contributed by atoms with E-state index < -0.39 is 0 Å². The summed E-state index contributed by atoms with van der Waals surface area (Å²) in [6, 6.07) is 10.4. The Hall–Kier alpha value is -1.57. The number of imidazole rings is 1. The molecule has 0 aliphatic rings. The van der Waals surface area contributed by atoms with Crippen LogP contribution in [0, 0.1) is 12.8 Å². The van der Waals surface area contributed by atoms with Crippen molar-refractivity contribution in [2.75, 3.05) is 0 Å². The Morgan fingerprint density at radius 1 is 1.18 bits per heavy atom. The largest absolute Gasteiger partial charge is 0.334 e. The number of benzene rings is 1. The van der Waals surface area contributed by atoms with Crippen LogP contribution in [0.5, 0.6) is 0 Å². The van der Waals surface area contributed by atoms with E-state index in [4.69, 9.17) is 0 Å². The topological polar surface area (TPSA) is 17.8 Å². The second-order valence-electron chi connectivity index (χ2n) is 4.92. The first kappa shape index (κ1) is 11.9. The number of hydrogen-bond acceptors (Lipinski definition) is 1. The third-order valence-electron chi connectivity index (χ3n) is 3.09. The van der Waals surface area contributed by atoms with E-state index in [-0.39, 0.29) is 0 Å². The molecule has 0 aliphatic carbocycles. The van der Waals surface area contributed by atoms with Gasteiger partial charge in [-0.05, 0) is 19.3 Å². The van der Waals surface area contributed by atoms with Gasteiger partial charge in [-0.1, -0.05) is 44.2 Å². The van der Waals surface area contributed by atoms with E-state index in [0.717, 1.165) is 18.2 Å². The quantitative estimate of drug-likeness (QED) is 0.776. The SMILES string of the molecule is Cc1c(-c2ccccc2)ncn1CCC(C)C. The standard InChI is InChI=1S/C15H20N2/c1-12(2)9-10-17-11-16-15(13(17)3)14-7-5-4-6-8-14/h4-8,11-12H,9-10H2,1-3H3. The van der Waals surface area contributed by atoms with Crippen molar-refractivity contribution in [1.29, 1.82) is 0 Å². The molecule has 2 aromatic rings. The normalized spacial score (nSPS) is 11.1. The van der Waals surface area contributed by atoms with Crippen LogP contribution in [0.15, 0.2) is 36.7 Å². The van der Waals surface area contributed by atoms with Gasteiger partial charge in [0.1, 0.15) is 0 Å². The molecule has 1 aromatic carbocycles. The number of hydrogen-bond donors (Lipinski definition) is 0. The van der Waals surface area contributed by atoms with Gasteiger partial charge in [0.15, 0.2) is 0 Å². The summed E-state index contributed by atoms with van der Waals surface area (Å²) in [7, 11) is 0. The Morgan fingerprint density at radius 2 is 1.88 bits per heavy atom. The second kappa shape index (κ2) is 5.17. The lowest BCUT2D eigenvalue weighted by Crippen LogP contribution is -2.02. The Kier molecular flexibility index (Phi) is 3.62. The van der Waals surface area contributed by atoms with Gasteiger partial charge in [-0.15, -0.1) is 0 Å². The number of aryl methyl sites for hydroxylation is 1. The van der Waals surface area contributed by atoms with Crippen molar-refractivity contribution in [2.45, 2.75) is 33.7 Å². The minimum Gasteiger partial charge on any atom is -0.334 e.